The van der Waals surface area contributed by atoms with Crippen molar-refractivity contribution in [3.05, 3.63) is 117 Å². The minimum Gasteiger partial charge on any atom is -0.436 e. The molecule has 2 aromatic heterocycles. The molecule has 0 aliphatic rings. The van der Waals surface area contributed by atoms with Crippen molar-refractivity contribution in [3.8, 4) is 22.6 Å². The summed E-state index contributed by atoms with van der Waals surface area (Å²) in [5, 5.41) is 4.04. The maximum atomic E-state index is 13.2. The van der Waals surface area contributed by atoms with Crippen LogP contribution in [0, 0.1) is 13.8 Å². The van der Waals surface area contributed by atoms with Gasteiger partial charge in [0.05, 0.1) is 16.3 Å². The number of carbonyl (C=O) groups excluding carboxylic acids is 1. The molecule has 0 unspecified atom stereocenters. The monoisotopic (exact) mass is 520 g/mol. The molecule has 6 aromatic rings. The Kier molecular flexibility index (Phi) is 5.81. The number of nitrogens with one attached hydrogen (secondary N) is 1. The summed E-state index contributed by atoms with van der Waals surface area (Å²) >= 11 is 6.42. The van der Waals surface area contributed by atoms with E-state index in [0.29, 0.717) is 44.4 Å². The SMILES string of the molecule is Cc1cc(C)c2oc(-c3ccc(Cl)c(NC(=O)c4cccc(-c5cc6ccccc6oc5=O)c4)c3)nc2c1. The molecule has 0 aliphatic heterocycles. The highest BCUT2D eigenvalue weighted by atomic mass is 35.5. The summed E-state index contributed by atoms with van der Waals surface area (Å²) < 4.78 is 11.5. The molecule has 1 amide bonds. The van der Waals surface area contributed by atoms with Crippen LogP contribution in [-0.2, 0) is 0 Å². The Morgan fingerprint density at radius 2 is 1.71 bits per heavy atom. The molecule has 6 nitrogen and oxygen atoms in total. The fourth-order valence-electron chi connectivity index (χ4n) is 4.54. The van der Waals surface area contributed by atoms with Gasteiger partial charge in [0.1, 0.15) is 11.1 Å². The van der Waals surface area contributed by atoms with Crippen molar-refractivity contribution in [2.24, 2.45) is 0 Å². The molecule has 0 radical (unpaired) electrons. The highest BCUT2D eigenvalue weighted by molar-refractivity contribution is 6.34. The fraction of sp³-hybridized carbons (Fsp3) is 0.0645. The molecular formula is C31H21ClN2O4. The summed E-state index contributed by atoms with van der Waals surface area (Å²) in [5.74, 6) is 0.0611. The number of carbonyl (C=O) groups is 1. The topological polar surface area (TPSA) is 85.3 Å². The lowest BCUT2D eigenvalue weighted by molar-refractivity contribution is 0.102. The van der Waals surface area contributed by atoms with Gasteiger partial charge in [-0.2, -0.15) is 0 Å². The van der Waals surface area contributed by atoms with Gasteiger partial charge in [0.15, 0.2) is 5.58 Å². The van der Waals surface area contributed by atoms with Crippen LogP contribution in [0.1, 0.15) is 21.5 Å². The smallest absolute Gasteiger partial charge is 0.344 e. The van der Waals surface area contributed by atoms with Crippen molar-refractivity contribution in [1.29, 1.82) is 0 Å². The molecule has 0 saturated carbocycles. The van der Waals surface area contributed by atoms with Crippen LogP contribution in [0.5, 0.6) is 0 Å². The van der Waals surface area contributed by atoms with E-state index in [-0.39, 0.29) is 5.91 Å². The van der Waals surface area contributed by atoms with Gasteiger partial charge < -0.3 is 14.2 Å². The quantitative estimate of drug-likeness (QED) is 0.240. The Morgan fingerprint density at radius 3 is 2.58 bits per heavy atom. The number of hydrogen-bond acceptors (Lipinski definition) is 5. The van der Waals surface area contributed by atoms with Crippen molar-refractivity contribution in [2.75, 3.05) is 5.32 Å². The Balaban J connectivity index is 1.31. The Hall–Kier alpha value is -4.68. The molecule has 6 rings (SSSR count). The van der Waals surface area contributed by atoms with E-state index < -0.39 is 5.63 Å². The first-order valence-corrected chi connectivity index (χ1v) is 12.4. The van der Waals surface area contributed by atoms with Crippen LogP contribution in [0.4, 0.5) is 5.69 Å². The number of hydrogen-bond donors (Lipinski definition) is 1. The van der Waals surface area contributed by atoms with Gasteiger partial charge in [0, 0.05) is 16.5 Å². The largest absolute Gasteiger partial charge is 0.436 e. The van der Waals surface area contributed by atoms with E-state index in [0.717, 1.165) is 27.6 Å². The van der Waals surface area contributed by atoms with Gasteiger partial charge in [-0.3, -0.25) is 4.79 Å². The van der Waals surface area contributed by atoms with Crippen molar-refractivity contribution < 1.29 is 13.6 Å². The van der Waals surface area contributed by atoms with Crippen LogP contribution in [0.25, 0.3) is 44.7 Å². The van der Waals surface area contributed by atoms with Crippen LogP contribution >= 0.6 is 11.6 Å². The molecule has 0 fully saturated rings. The van der Waals surface area contributed by atoms with Crippen LogP contribution in [0.3, 0.4) is 0 Å². The molecule has 7 heteroatoms. The molecule has 1 N–H and O–H groups in total. The Labute approximate surface area is 222 Å². The first kappa shape index (κ1) is 23.7. The van der Waals surface area contributed by atoms with Gasteiger partial charge in [0.2, 0.25) is 5.89 Å². The van der Waals surface area contributed by atoms with Gasteiger partial charge >= 0.3 is 5.63 Å². The lowest BCUT2D eigenvalue weighted by Crippen LogP contribution is -2.12. The predicted octanol–water partition coefficient (Wildman–Crippen LogP) is 7.79. The van der Waals surface area contributed by atoms with Crippen molar-refractivity contribution in [1.82, 2.24) is 4.98 Å². The molecule has 4 aromatic carbocycles. The number of benzene rings is 4. The van der Waals surface area contributed by atoms with Gasteiger partial charge in [-0.25, -0.2) is 9.78 Å². The molecule has 0 saturated heterocycles. The maximum Gasteiger partial charge on any atom is 0.344 e. The summed E-state index contributed by atoms with van der Waals surface area (Å²) in [4.78, 5) is 30.5. The average molecular weight is 521 g/mol. The van der Waals surface area contributed by atoms with E-state index in [2.05, 4.69) is 10.3 Å². The third-order valence-electron chi connectivity index (χ3n) is 6.36. The zero-order valence-corrected chi connectivity index (χ0v) is 21.3. The molecule has 0 aliphatic carbocycles. The summed E-state index contributed by atoms with van der Waals surface area (Å²) in [7, 11) is 0. The first-order chi connectivity index (χ1) is 18.4. The van der Waals surface area contributed by atoms with Gasteiger partial charge in [-0.05, 0) is 79.1 Å². The number of aromatic nitrogens is 1. The number of nitrogens with zero attached hydrogens (tertiary/aromatic N) is 1. The highest BCUT2D eigenvalue weighted by Crippen LogP contribution is 2.32. The molecule has 186 valence electrons. The van der Waals surface area contributed by atoms with Crippen LogP contribution < -0.4 is 10.9 Å². The molecule has 0 spiro atoms. The van der Waals surface area contributed by atoms with E-state index >= 15 is 0 Å². The maximum absolute atomic E-state index is 13.2. The Bertz CT molecular complexity index is 1940. The molecule has 2 heterocycles. The first-order valence-electron chi connectivity index (χ1n) is 12.0. The summed E-state index contributed by atoms with van der Waals surface area (Å²) in [5.41, 5.74) is 6.05. The normalized spacial score (nSPS) is 11.2. The molecule has 0 bridgehead atoms. The molecule has 38 heavy (non-hydrogen) atoms. The van der Waals surface area contributed by atoms with Crippen LogP contribution in [0.2, 0.25) is 5.02 Å². The fourth-order valence-corrected chi connectivity index (χ4v) is 4.70. The standard InChI is InChI=1S/C31H21ClN2O4/c1-17-12-18(2)28-26(13-17)34-30(38-28)22-10-11-24(32)25(16-22)33-29(35)21-8-5-7-19(14-21)23-15-20-6-3-4-9-27(20)37-31(23)36/h3-16H,1-2H3,(H,33,35). The predicted molar refractivity (Wildman–Crippen MR) is 150 cm³/mol. The lowest BCUT2D eigenvalue weighted by atomic mass is 10.0. The van der Waals surface area contributed by atoms with E-state index in [1.807, 2.05) is 44.2 Å². The summed E-state index contributed by atoms with van der Waals surface area (Å²) in [6.45, 7) is 3.99. The van der Waals surface area contributed by atoms with Crippen LogP contribution in [-0.4, -0.2) is 10.9 Å². The van der Waals surface area contributed by atoms with Crippen molar-refractivity contribution in [3.63, 3.8) is 0 Å². The second-order valence-electron chi connectivity index (χ2n) is 9.16. The minimum absolute atomic E-state index is 0.365. The summed E-state index contributed by atoms with van der Waals surface area (Å²) in [6.07, 6.45) is 0. The van der Waals surface area contributed by atoms with Crippen LogP contribution in [0.15, 0.2) is 98.6 Å². The van der Waals surface area contributed by atoms with Crippen molar-refractivity contribution >= 4 is 45.3 Å². The number of oxazole rings is 1. The lowest BCUT2D eigenvalue weighted by Gasteiger charge is -2.10. The van der Waals surface area contributed by atoms with E-state index in [4.69, 9.17) is 20.4 Å². The highest BCUT2D eigenvalue weighted by Gasteiger charge is 2.16. The zero-order chi connectivity index (χ0) is 26.4. The zero-order valence-electron chi connectivity index (χ0n) is 20.5. The third-order valence-corrected chi connectivity index (χ3v) is 6.69. The van der Waals surface area contributed by atoms with Gasteiger partial charge in [0.25, 0.3) is 5.91 Å². The average Bonchev–Trinajstić information content (AvgIpc) is 3.34. The number of halogens is 1. The number of anilines is 1. The third kappa shape index (κ3) is 4.35. The number of rotatable bonds is 4. The second-order valence-corrected chi connectivity index (χ2v) is 9.57. The van der Waals surface area contributed by atoms with E-state index in [9.17, 15) is 9.59 Å². The number of aryl methyl sites for hydroxylation is 2. The second kappa shape index (κ2) is 9.32. The van der Waals surface area contributed by atoms with E-state index in [1.165, 1.54) is 0 Å². The molecular weight excluding hydrogens is 500 g/mol. The molecule has 0 atom stereocenters. The number of amides is 1. The van der Waals surface area contributed by atoms with Gasteiger partial charge in [-0.15, -0.1) is 0 Å². The number of para-hydroxylation sites is 1. The Morgan fingerprint density at radius 1 is 0.868 bits per heavy atom. The van der Waals surface area contributed by atoms with E-state index in [1.54, 1.807) is 54.6 Å². The van der Waals surface area contributed by atoms with Crippen molar-refractivity contribution in [2.45, 2.75) is 13.8 Å². The number of fused-ring (bicyclic) bond motifs is 2. The minimum atomic E-state index is -0.472. The van der Waals surface area contributed by atoms with Gasteiger partial charge in [-0.1, -0.05) is 48.0 Å². The summed E-state index contributed by atoms with van der Waals surface area (Å²) in [6, 6.07) is 25.1.